The van der Waals surface area contributed by atoms with Gasteiger partial charge in [-0.3, -0.25) is 10.1 Å². The van der Waals surface area contributed by atoms with Gasteiger partial charge in [-0.25, -0.2) is 4.39 Å². The third kappa shape index (κ3) is 4.25. The normalized spacial score (nSPS) is 17.8. The molecule has 0 aromatic heterocycles. The Balaban J connectivity index is 1.57. The average Bonchev–Trinajstić information content (AvgIpc) is 3.36. The van der Waals surface area contributed by atoms with Crippen molar-refractivity contribution in [2.75, 3.05) is 33.4 Å². The van der Waals surface area contributed by atoms with E-state index in [0.717, 1.165) is 16.7 Å². The average molecular weight is 515 g/mol. The van der Waals surface area contributed by atoms with Crippen LogP contribution in [0.25, 0.3) is 0 Å². The van der Waals surface area contributed by atoms with E-state index in [1.165, 1.54) is 18.2 Å². The molecule has 10 heteroatoms. The molecule has 0 fully saturated rings. The van der Waals surface area contributed by atoms with E-state index in [9.17, 15) is 9.18 Å². The predicted molar refractivity (Wildman–Crippen MR) is 131 cm³/mol. The van der Waals surface area contributed by atoms with Crippen molar-refractivity contribution in [2.24, 2.45) is 0 Å². The van der Waals surface area contributed by atoms with Gasteiger partial charge in [-0.1, -0.05) is 17.7 Å². The van der Waals surface area contributed by atoms with Gasteiger partial charge in [-0.05, 0) is 53.9 Å². The molecule has 188 valence electrons. The summed E-state index contributed by atoms with van der Waals surface area (Å²) in [7, 11) is 4.65. The van der Waals surface area contributed by atoms with Gasteiger partial charge in [0.15, 0.2) is 23.0 Å². The fourth-order valence-electron chi connectivity index (χ4n) is 4.61. The minimum absolute atomic E-state index is 0.0745. The molecule has 2 aliphatic rings. The number of benzene rings is 3. The van der Waals surface area contributed by atoms with Crippen molar-refractivity contribution in [3.63, 3.8) is 0 Å². The lowest BCUT2D eigenvalue weighted by Gasteiger charge is -2.35. The Kier molecular flexibility index (Phi) is 6.51. The molecule has 2 aliphatic heterocycles. The van der Waals surface area contributed by atoms with E-state index in [0.29, 0.717) is 40.9 Å². The second kappa shape index (κ2) is 9.75. The number of carbonyl (C=O) groups excluding carboxylic acids is 1. The lowest BCUT2D eigenvalue weighted by molar-refractivity contribution is -0.118. The van der Waals surface area contributed by atoms with Gasteiger partial charge < -0.3 is 29.0 Å². The number of fused-ring (bicyclic) bond motifs is 2. The number of halogens is 2. The number of carbonyl (C=O) groups is 1. The van der Waals surface area contributed by atoms with Crippen molar-refractivity contribution < 1.29 is 32.9 Å². The number of anilines is 1. The molecule has 8 nitrogen and oxygen atoms in total. The topological polar surface area (TPSA) is 87.3 Å². The number of hydrogen-bond acceptors (Lipinski definition) is 7. The first-order valence-electron chi connectivity index (χ1n) is 11.2. The van der Waals surface area contributed by atoms with Crippen LogP contribution in [0.2, 0.25) is 5.02 Å². The third-order valence-corrected chi connectivity index (χ3v) is 6.56. The van der Waals surface area contributed by atoms with Crippen molar-refractivity contribution in [1.29, 1.82) is 0 Å². The van der Waals surface area contributed by atoms with Gasteiger partial charge in [0.25, 0.3) is 0 Å². The maximum Gasteiger partial charge on any atom is 0.241 e. The van der Waals surface area contributed by atoms with Crippen LogP contribution in [0.3, 0.4) is 0 Å². The summed E-state index contributed by atoms with van der Waals surface area (Å²) in [4.78, 5) is 13.3. The zero-order chi connectivity index (χ0) is 25.4. The van der Waals surface area contributed by atoms with E-state index in [1.54, 1.807) is 21.3 Å². The second-order valence-corrected chi connectivity index (χ2v) is 8.71. The third-order valence-electron chi connectivity index (χ3n) is 6.27. The molecule has 0 unspecified atom stereocenters. The molecule has 0 saturated heterocycles. The molecule has 3 aromatic rings. The summed E-state index contributed by atoms with van der Waals surface area (Å²) < 4.78 is 41.6. The summed E-state index contributed by atoms with van der Waals surface area (Å²) in [5.74, 6) is 1.85. The van der Waals surface area contributed by atoms with Gasteiger partial charge in [0.1, 0.15) is 5.82 Å². The standard InChI is InChI=1S/C26H24ClFN2O6/c1-32-21-10-14-8-18(26(31)29-15-5-6-17(28)16(27)11-15)30-23(22(14)25(34-3)24(21)33-2)13-4-7-19-20(9-13)36-12-35-19/h4-7,9-11,18,23,30H,8,12H2,1-3H3,(H,29,31)/t18-,23+/m0/s1. The summed E-state index contributed by atoms with van der Waals surface area (Å²) in [5, 5.41) is 6.18. The Hall–Kier alpha value is -3.69. The SMILES string of the molecule is COc1cc2c(c(OC)c1OC)[C@@H](c1ccc3c(c1)OCO3)N[C@H](C(=O)Nc1ccc(F)c(Cl)c1)C2. The largest absolute Gasteiger partial charge is 0.493 e. The highest BCUT2D eigenvalue weighted by Crippen LogP contribution is 2.48. The van der Waals surface area contributed by atoms with Gasteiger partial charge in [0.2, 0.25) is 18.4 Å². The Morgan fingerprint density at radius 1 is 1.03 bits per heavy atom. The van der Waals surface area contributed by atoms with Crippen LogP contribution in [-0.4, -0.2) is 40.1 Å². The fourth-order valence-corrected chi connectivity index (χ4v) is 4.79. The highest BCUT2D eigenvalue weighted by molar-refractivity contribution is 6.31. The highest BCUT2D eigenvalue weighted by Gasteiger charge is 2.37. The Bertz CT molecular complexity index is 1330. The van der Waals surface area contributed by atoms with Gasteiger partial charge >= 0.3 is 0 Å². The number of ether oxygens (including phenoxy) is 5. The van der Waals surface area contributed by atoms with Crippen LogP contribution >= 0.6 is 11.6 Å². The quantitative estimate of drug-likeness (QED) is 0.501. The van der Waals surface area contributed by atoms with E-state index < -0.39 is 17.9 Å². The molecule has 36 heavy (non-hydrogen) atoms. The summed E-state index contributed by atoms with van der Waals surface area (Å²) in [6.07, 6.45) is 0.341. The van der Waals surface area contributed by atoms with Crippen LogP contribution < -0.4 is 34.3 Å². The first kappa shape index (κ1) is 24.0. The molecule has 5 rings (SSSR count). The fraction of sp³-hybridized carbons (Fsp3) is 0.269. The molecule has 2 heterocycles. The monoisotopic (exact) mass is 514 g/mol. The maximum absolute atomic E-state index is 13.6. The molecular formula is C26H24ClFN2O6. The zero-order valence-electron chi connectivity index (χ0n) is 19.8. The molecule has 1 amide bonds. The minimum Gasteiger partial charge on any atom is -0.493 e. The van der Waals surface area contributed by atoms with Crippen LogP contribution in [0.4, 0.5) is 10.1 Å². The first-order chi connectivity index (χ1) is 17.4. The molecule has 0 radical (unpaired) electrons. The van der Waals surface area contributed by atoms with Gasteiger partial charge in [-0.2, -0.15) is 0 Å². The molecule has 0 saturated carbocycles. The van der Waals surface area contributed by atoms with Gasteiger partial charge in [-0.15, -0.1) is 0 Å². The minimum atomic E-state index is -0.639. The molecule has 2 N–H and O–H groups in total. The highest BCUT2D eigenvalue weighted by atomic mass is 35.5. The Morgan fingerprint density at radius 2 is 1.81 bits per heavy atom. The van der Waals surface area contributed by atoms with Crippen LogP contribution in [0.1, 0.15) is 22.7 Å². The molecule has 0 aliphatic carbocycles. The molecule has 3 aromatic carbocycles. The van der Waals surface area contributed by atoms with Crippen molar-refractivity contribution in [3.8, 4) is 28.7 Å². The summed E-state index contributed by atoms with van der Waals surface area (Å²) in [5.41, 5.74) is 2.91. The number of hydrogen-bond donors (Lipinski definition) is 2. The van der Waals surface area contributed by atoms with Gasteiger partial charge in [0, 0.05) is 11.3 Å². The summed E-state index contributed by atoms with van der Waals surface area (Å²) >= 11 is 5.89. The Labute approximate surface area is 212 Å². The van der Waals surface area contributed by atoms with E-state index in [4.69, 9.17) is 35.3 Å². The lowest BCUT2D eigenvalue weighted by Crippen LogP contribution is -2.47. The summed E-state index contributed by atoms with van der Waals surface area (Å²) in [6, 6.07) is 10.4. The molecular weight excluding hydrogens is 491 g/mol. The second-order valence-electron chi connectivity index (χ2n) is 8.31. The summed E-state index contributed by atoms with van der Waals surface area (Å²) in [6.45, 7) is 0.146. The Morgan fingerprint density at radius 3 is 2.53 bits per heavy atom. The first-order valence-corrected chi connectivity index (χ1v) is 11.5. The van der Waals surface area contributed by atoms with Crippen molar-refractivity contribution >= 4 is 23.2 Å². The van der Waals surface area contributed by atoms with Crippen molar-refractivity contribution in [2.45, 2.75) is 18.5 Å². The van der Waals surface area contributed by atoms with E-state index in [1.807, 2.05) is 24.3 Å². The maximum atomic E-state index is 13.6. The van der Waals surface area contributed by atoms with Crippen LogP contribution in [0, 0.1) is 5.82 Å². The predicted octanol–water partition coefficient (Wildman–Crippen LogP) is 4.48. The van der Waals surface area contributed by atoms with E-state index in [-0.39, 0.29) is 17.7 Å². The van der Waals surface area contributed by atoms with Crippen molar-refractivity contribution in [3.05, 3.63) is 70.0 Å². The van der Waals surface area contributed by atoms with Crippen LogP contribution in [-0.2, 0) is 11.2 Å². The number of nitrogens with one attached hydrogen (secondary N) is 2. The van der Waals surface area contributed by atoms with Crippen molar-refractivity contribution in [1.82, 2.24) is 5.32 Å². The van der Waals surface area contributed by atoms with E-state index >= 15 is 0 Å². The molecule has 0 bridgehead atoms. The zero-order valence-corrected chi connectivity index (χ0v) is 20.6. The van der Waals surface area contributed by atoms with E-state index in [2.05, 4.69) is 10.6 Å². The number of rotatable bonds is 6. The number of amides is 1. The van der Waals surface area contributed by atoms with Crippen LogP contribution in [0.5, 0.6) is 28.7 Å². The lowest BCUT2D eigenvalue weighted by atomic mass is 9.85. The molecule has 0 spiro atoms. The smallest absolute Gasteiger partial charge is 0.241 e. The number of methoxy groups -OCH3 is 3. The molecule has 2 atom stereocenters. The van der Waals surface area contributed by atoms with Gasteiger partial charge in [0.05, 0.1) is 38.4 Å². The van der Waals surface area contributed by atoms with Crippen LogP contribution in [0.15, 0.2) is 42.5 Å².